The lowest BCUT2D eigenvalue weighted by Gasteiger charge is -2.12. The van der Waals surface area contributed by atoms with E-state index in [2.05, 4.69) is 5.32 Å². The van der Waals surface area contributed by atoms with Crippen LogP contribution in [0.1, 0.15) is 33.2 Å². The van der Waals surface area contributed by atoms with Gasteiger partial charge in [0, 0.05) is 12.6 Å². The Morgan fingerprint density at radius 1 is 1.18 bits per heavy atom. The molecule has 0 aliphatic heterocycles. The van der Waals surface area contributed by atoms with Crippen molar-refractivity contribution in [3.05, 3.63) is 70.5 Å². The Labute approximate surface area is 126 Å². The summed E-state index contributed by atoms with van der Waals surface area (Å²) >= 11 is 0. The first-order chi connectivity index (χ1) is 10.5. The number of halogens is 1. The third-order valence-electron chi connectivity index (χ3n) is 3.81. The van der Waals surface area contributed by atoms with Gasteiger partial charge in [0.25, 0.3) is 0 Å². The van der Waals surface area contributed by atoms with E-state index in [9.17, 15) is 19.4 Å². The molecule has 1 aliphatic rings. The van der Waals surface area contributed by atoms with Crippen molar-refractivity contribution in [3.63, 3.8) is 0 Å². The molecule has 3 rings (SSSR count). The zero-order valence-electron chi connectivity index (χ0n) is 11.8. The van der Waals surface area contributed by atoms with Crippen LogP contribution in [0.15, 0.2) is 42.5 Å². The maximum absolute atomic E-state index is 14.7. The summed E-state index contributed by atoms with van der Waals surface area (Å²) in [6.45, 7) is 0. The van der Waals surface area contributed by atoms with E-state index in [4.69, 9.17) is 0 Å². The molecule has 2 aromatic carbocycles. The highest BCUT2D eigenvalue weighted by Gasteiger charge is 2.27. The molecule has 2 aromatic rings. The van der Waals surface area contributed by atoms with E-state index >= 15 is 0 Å². The molecule has 112 valence electrons. The van der Waals surface area contributed by atoms with Gasteiger partial charge in [0.2, 0.25) is 0 Å². The molecule has 22 heavy (non-hydrogen) atoms. The van der Waals surface area contributed by atoms with Gasteiger partial charge < -0.3 is 15.5 Å². The third kappa shape index (κ3) is 2.07. The van der Waals surface area contributed by atoms with Crippen LogP contribution in [0.25, 0.3) is 5.57 Å². The predicted molar refractivity (Wildman–Crippen MR) is 81.4 cm³/mol. The maximum Gasteiger partial charge on any atom is 0.340 e. The lowest BCUT2D eigenvalue weighted by molar-refractivity contribution is 0.0693. The Balaban J connectivity index is 2.21. The van der Waals surface area contributed by atoms with Gasteiger partial charge in [-0.2, -0.15) is 0 Å². The molecule has 0 spiro atoms. The number of fused-ring (bicyclic) bond motifs is 1. The second-order valence-electron chi connectivity index (χ2n) is 5.02. The molecule has 0 amide bonds. The van der Waals surface area contributed by atoms with Gasteiger partial charge in [0.1, 0.15) is 11.4 Å². The smallest absolute Gasteiger partial charge is 0.340 e. The van der Waals surface area contributed by atoms with Gasteiger partial charge in [-0.05, 0) is 34.9 Å². The quantitative estimate of drug-likeness (QED) is 0.814. The number of aliphatic hydroxyl groups is 1. The minimum Gasteiger partial charge on any atom is -0.478 e. The van der Waals surface area contributed by atoms with Gasteiger partial charge in [0.15, 0.2) is 0 Å². The molecular formula is C17H14FNO3. The summed E-state index contributed by atoms with van der Waals surface area (Å²) in [6.07, 6.45) is 0.719. The number of aromatic carboxylic acids is 1. The van der Waals surface area contributed by atoms with Crippen molar-refractivity contribution in [2.45, 2.75) is 6.10 Å². The molecule has 1 unspecified atom stereocenters. The molecule has 0 saturated heterocycles. The largest absolute Gasteiger partial charge is 0.478 e. The molecule has 1 atom stereocenters. The van der Waals surface area contributed by atoms with Crippen molar-refractivity contribution in [1.29, 1.82) is 0 Å². The number of nitrogens with one attached hydrogen (secondary N) is 1. The lowest BCUT2D eigenvalue weighted by atomic mass is 9.96. The average molecular weight is 299 g/mol. The molecular weight excluding hydrogens is 285 g/mol. The molecule has 0 aromatic heterocycles. The fraction of sp³-hybridized carbons (Fsp3) is 0.118. The van der Waals surface area contributed by atoms with Gasteiger partial charge in [0.05, 0.1) is 11.8 Å². The van der Waals surface area contributed by atoms with Crippen LogP contribution in [-0.2, 0) is 0 Å². The zero-order chi connectivity index (χ0) is 15.9. The molecule has 5 heteroatoms. The van der Waals surface area contributed by atoms with E-state index in [1.807, 2.05) is 0 Å². The van der Waals surface area contributed by atoms with Gasteiger partial charge in [-0.25, -0.2) is 9.18 Å². The second-order valence-corrected chi connectivity index (χ2v) is 5.02. The average Bonchev–Trinajstić information content (AvgIpc) is 2.84. The fourth-order valence-electron chi connectivity index (χ4n) is 2.77. The van der Waals surface area contributed by atoms with Crippen molar-refractivity contribution in [2.75, 3.05) is 12.4 Å². The number of hydrogen-bond acceptors (Lipinski definition) is 3. The molecule has 3 N–H and O–H groups in total. The SMILES string of the molecule is CNc1ccc(C2=CC(O)c3ccccc32)c(F)c1C(=O)O. The van der Waals surface area contributed by atoms with Crippen molar-refractivity contribution in [3.8, 4) is 0 Å². The molecule has 0 radical (unpaired) electrons. The summed E-state index contributed by atoms with van der Waals surface area (Å²) in [5.74, 6) is -2.15. The fourth-order valence-corrected chi connectivity index (χ4v) is 2.77. The Bertz CT molecular complexity index is 798. The first kappa shape index (κ1) is 14.3. The van der Waals surface area contributed by atoms with Gasteiger partial charge in [-0.1, -0.05) is 24.3 Å². The number of carbonyl (C=O) groups is 1. The number of carboxylic acid groups (broad SMARTS) is 1. The minimum atomic E-state index is -1.34. The van der Waals surface area contributed by atoms with E-state index in [1.165, 1.54) is 25.3 Å². The number of anilines is 1. The molecule has 0 saturated carbocycles. The first-order valence-electron chi connectivity index (χ1n) is 6.77. The molecule has 0 fully saturated rings. The van der Waals surface area contributed by atoms with Crippen LogP contribution in [-0.4, -0.2) is 23.2 Å². The van der Waals surface area contributed by atoms with Crippen LogP contribution >= 0.6 is 0 Å². The highest BCUT2D eigenvalue weighted by molar-refractivity contribution is 5.97. The number of benzene rings is 2. The number of carboxylic acids is 1. The summed E-state index contributed by atoms with van der Waals surface area (Å²) < 4.78 is 14.7. The van der Waals surface area contributed by atoms with Crippen LogP contribution in [0.4, 0.5) is 10.1 Å². The standard InChI is InChI=1S/C17H14FNO3/c1-19-13-7-6-11(16(18)15(13)17(21)22)12-8-14(20)10-5-3-2-4-9(10)12/h2-8,14,19-20H,1H3,(H,21,22). The molecule has 0 bridgehead atoms. The van der Waals surface area contributed by atoms with Gasteiger partial charge in [-0.3, -0.25) is 0 Å². The van der Waals surface area contributed by atoms with Gasteiger partial charge >= 0.3 is 5.97 Å². The summed E-state index contributed by atoms with van der Waals surface area (Å²) in [7, 11) is 1.54. The van der Waals surface area contributed by atoms with Crippen LogP contribution in [0, 0.1) is 5.82 Å². The van der Waals surface area contributed by atoms with E-state index < -0.39 is 23.5 Å². The van der Waals surface area contributed by atoms with Crippen LogP contribution in [0.5, 0.6) is 0 Å². The van der Waals surface area contributed by atoms with E-state index in [0.29, 0.717) is 16.7 Å². The Morgan fingerprint density at radius 2 is 1.91 bits per heavy atom. The minimum absolute atomic E-state index is 0.167. The number of rotatable bonds is 3. The monoisotopic (exact) mass is 299 g/mol. The maximum atomic E-state index is 14.7. The summed E-state index contributed by atoms with van der Waals surface area (Å²) in [5.41, 5.74) is 1.88. The number of hydrogen-bond donors (Lipinski definition) is 3. The third-order valence-corrected chi connectivity index (χ3v) is 3.81. The van der Waals surface area contributed by atoms with Crippen LogP contribution in [0.3, 0.4) is 0 Å². The summed E-state index contributed by atoms with van der Waals surface area (Å²) in [4.78, 5) is 11.3. The van der Waals surface area contributed by atoms with Crippen molar-refractivity contribution >= 4 is 17.2 Å². The van der Waals surface area contributed by atoms with E-state index in [1.54, 1.807) is 24.3 Å². The van der Waals surface area contributed by atoms with E-state index in [0.717, 1.165) is 0 Å². The summed E-state index contributed by atoms with van der Waals surface area (Å²) in [5, 5.41) is 22.0. The van der Waals surface area contributed by atoms with E-state index in [-0.39, 0.29) is 11.3 Å². The first-order valence-corrected chi connectivity index (χ1v) is 6.77. The Kier molecular flexibility index (Phi) is 3.42. The Morgan fingerprint density at radius 3 is 2.59 bits per heavy atom. The highest BCUT2D eigenvalue weighted by Crippen LogP contribution is 2.40. The summed E-state index contributed by atoms with van der Waals surface area (Å²) in [6, 6.07) is 10.2. The Hall–Kier alpha value is -2.66. The number of aliphatic hydroxyl groups excluding tert-OH is 1. The van der Waals surface area contributed by atoms with Crippen molar-refractivity contribution in [1.82, 2.24) is 0 Å². The molecule has 4 nitrogen and oxygen atoms in total. The normalized spacial score (nSPS) is 16.1. The predicted octanol–water partition coefficient (Wildman–Crippen LogP) is 3.04. The molecule has 0 heterocycles. The lowest BCUT2D eigenvalue weighted by Crippen LogP contribution is -2.08. The van der Waals surface area contributed by atoms with Crippen molar-refractivity contribution < 1.29 is 19.4 Å². The van der Waals surface area contributed by atoms with Gasteiger partial charge in [-0.15, -0.1) is 0 Å². The topological polar surface area (TPSA) is 69.6 Å². The zero-order valence-corrected chi connectivity index (χ0v) is 11.8. The molecule has 1 aliphatic carbocycles. The second kappa shape index (κ2) is 5.27. The van der Waals surface area contributed by atoms with Crippen molar-refractivity contribution in [2.24, 2.45) is 0 Å². The van der Waals surface area contributed by atoms with Crippen LogP contribution in [0.2, 0.25) is 0 Å². The van der Waals surface area contributed by atoms with Crippen LogP contribution < -0.4 is 5.32 Å². The highest BCUT2D eigenvalue weighted by atomic mass is 19.1.